The quantitative estimate of drug-likeness (QED) is 0.0931. The van der Waals surface area contributed by atoms with Crippen molar-refractivity contribution in [3.8, 4) is 5.75 Å². The Balaban J connectivity index is 1.19. The van der Waals surface area contributed by atoms with Gasteiger partial charge in [-0.3, -0.25) is 0 Å². The average molecular weight is 1010 g/mol. The van der Waals surface area contributed by atoms with Gasteiger partial charge < -0.3 is 42.4 Å². The Morgan fingerprint density at radius 2 is 1.44 bits per heavy atom. The number of aliphatic hydroxyl groups excluding tert-OH is 1. The first-order valence-corrected chi connectivity index (χ1v) is 31.4. The number of hydrogen-bond acceptors (Lipinski definition) is 9. The van der Waals surface area contributed by atoms with Crippen molar-refractivity contribution in [2.45, 2.75) is 193 Å². The topological polar surface area (TPSA) is 94.1 Å². The predicted octanol–water partition coefficient (Wildman–Crippen LogP) is 12.6. The number of allylic oxidation sites excluding steroid dienone is 2. The van der Waals surface area contributed by atoms with Crippen LogP contribution in [-0.4, -0.2) is 91.3 Å². The van der Waals surface area contributed by atoms with Crippen molar-refractivity contribution in [2.75, 3.05) is 27.4 Å². The van der Waals surface area contributed by atoms with Crippen molar-refractivity contribution in [2.24, 2.45) is 23.7 Å². The average Bonchev–Trinajstić information content (AvgIpc) is 3.32. The molecule has 0 amide bonds. The van der Waals surface area contributed by atoms with Gasteiger partial charge in [-0.05, 0) is 128 Å². The summed E-state index contributed by atoms with van der Waals surface area (Å²) in [4.78, 5) is 0. The second-order valence-corrected chi connectivity index (χ2v) is 33.4. The van der Waals surface area contributed by atoms with Gasteiger partial charge >= 0.3 is 0 Å². The summed E-state index contributed by atoms with van der Waals surface area (Å²) >= 11 is 0. The van der Waals surface area contributed by atoms with Crippen molar-refractivity contribution in [3.63, 3.8) is 0 Å². The molecule has 2 heterocycles. The smallest absolute Gasteiger partial charge is 0.261 e. The highest BCUT2D eigenvalue weighted by Gasteiger charge is 2.56. The molecule has 394 valence electrons. The van der Waals surface area contributed by atoms with Crippen molar-refractivity contribution >= 4 is 27.0 Å². The maximum Gasteiger partial charge on any atom is 0.261 e. The zero-order valence-corrected chi connectivity index (χ0v) is 48.5. The largest absolute Gasteiger partial charge is 0.497 e. The molecule has 0 bridgehead atoms. The second kappa shape index (κ2) is 23.7. The standard InChI is InChI=1S/C60H92O9Si2/c1-42(33-43(2)39-66-70(15,16)57(5,6)7)34-48-37-50(64-40-46-27-30-49(62-13)31-28-46)41-65-60(48)38-55(67-59(11,12)69-60)45(4)56(61)44(3)35-47-29-32-53(54(36-47)63-14)68-71(58(8,9)10,51-23-19-17-20-24-51)52-25-21-18-22-26-52/h17-28,30-31,34-35,43,45,47-48,50,53-56,61H,29,32-33,36-41H2,1-16H3/b42-34+,44-35+/t43-,45+,47-,48-,50+,53+,54+,55-,56+,60+/m0/s1. The Bertz CT molecular complexity index is 2140. The maximum atomic E-state index is 12.3. The van der Waals surface area contributed by atoms with Crippen LogP contribution < -0.4 is 15.1 Å². The van der Waals surface area contributed by atoms with Crippen LogP contribution in [-0.2, 0) is 39.1 Å². The lowest BCUT2D eigenvalue weighted by Crippen LogP contribution is -2.68. The third-order valence-corrected chi connectivity index (χ3v) is 25.7. The molecule has 1 N–H and O–H groups in total. The third-order valence-electron chi connectivity index (χ3n) is 16.1. The minimum absolute atomic E-state index is 0.0680. The van der Waals surface area contributed by atoms with Gasteiger partial charge in [-0.1, -0.05) is 146 Å². The van der Waals surface area contributed by atoms with Gasteiger partial charge in [0.2, 0.25) is 0 Å². The van der Waals surface area contributed by atoms with E-state index in [9.17, 15) is 5.11 Å². The molecule has 3 aromatic rings. The summed E-state index contributed by atoms with van der Waals surface area (Å²) < 4.78 is 53.3. The van der Waals surface area contributed by atoms with Crippen LogP contribution in [0.2, 0.25) is 23.2 Å². The van der Waals surface area contributed by atoms with Crippen molar-refractivity contribution in [1.29, 1.82) is 0 Å². The van der Waals surface area contributed by atoms with E-state index in [0.29, 0.717) is 25.6 Å². The monoisotopic (exact) mass is 1010 g/mol. The number of methoxy groups -OCH3 is 2. The Morgan fingerprint density at radius 3 is 2.00 bits per heavy atom. The lowest BCUT2D eigenvalue weighted by molar-refractivity contribution is -0.429. The summed E-state index contributed by atoms with van der Waals surface area (Å²) in [7, 11) is -1.17. The molecule has 6 rings (SSSR count). The van der Waals surface area contributed by atoms with E-state index in [2.05, 4.69) is 155 Å². The first-order chi connectivity index (χ1) is 33.3. The Morgan fingerprint density at radius 1 is 0.817 bits per heavy atom. The summed E-state index contributed by atoms with van der Waals surface area (Å²) in [5.41, 5.74) is 3.30. The molecule has 10 atom stereocenters. The molecule has 11 heteroatoms. The number of benzene rings is 3. The van der Waals surface area contributed by atoms with Crippen LogP contribution in [0.25, 0.3) is 0 Å². The maximum absolute atomic E-state index is 12.3. The Labute approximate surface area is 431 Å². The van der Waals surface area contributed by atoms with E-state index in [1.807, 2.05) is 45.2 Å². The molecule has 3 aliphatic rings. The molecular formula is C60H92O9Si2. The lowest BCUT2D eigenvalue weighted by atomic mass is 9.78. The van der Waals surface area contributed by atoms with E-state index in [4.69, 9.17) is 37.3 Å². The Hall–Kier alpha value is -2.95. The zero-order valence-electron chi connectivity index (χ0n) is 46.5. The SMILES string of the molecule is COc1ccc(CO[C@H]2CO[C@@]3(C[C@@H]([C@@H](C)[C@H](O)/C(C)=C/[C@@H]4CC[C@@H](O[Si](c5ccccc5)(c5ccccc5)C(C)(C)C)[C@H](OC)C4)OC(C)(C)O3)[C@@H](/C=C(\C)C[C@H](C)CO[Si](C)(C)C(C)(C)C)C2)cc1. The Kier molecular flexibility index (Phi) is 19.2. The summed E-state index contributed by atoms with van der Waals surface area (Å²) in [6, 6.07) is 29.7. The van der Waals surface area contributed by atoms with Crippen molar-refractivity contribution < 1.29 is 42.4 Å². The molecule has 0 radical (unpaired) electrons. The molecule has 0 unspecified atom stereocenters. The number of ether oxygens (including phenoxy) is 6. The fourth-order valence-electron chi connectivity index (χ4n) is 11.2. The van der Waals surface area contributed by atoms with Gasteiger partial charge in [-0.25, -0.2) is 0 Å². The minimum atomic E-state index is -2.78. The highest BCUT2D eigenvalue weighted by atomic mass is 28.4. The van der Waals surface area contributed by atoms with Crippen molar-refractivity contribution in [3.05, 3.63) is 114 Å². The first kappa shape index (κ1) is 57.3. The van der Waals surface area contributed by atoms with Gasteiger partial charge in [0.1, 0.15) is 5.75 Å². The molecule has 0 aromatic heterocycles. The van der Waals surface area contributed by atoms with Gasteiger partial charge in [0.25, 0.3) is 8.32 Å². The molecule has 1 aliphatic carbocycles. The predicted molar refractivity (Wildman–Crippen MR) is 293 cm³/mol. The summed E-state index contributed by atoms with van der Waals surface area (Å²) in [6.07, 6.45) is 7.99. The normalized spacial score (nSPS) is 27.3. The number of hydrogen-bond donors (Lipinski definition) is 1. The van der Waals surface area contributed by atoms with Crippen LogP contribution in [0.5, 0.6) is 5.75 Å². The second-order valence-electron chi connectivity index (χ2n) is 24.4. The van der Waals surface area contributed by atoms with E-state index in [1.165, 1.54) is 15.9 Å². The lowest BCUT2D eigenvalue weighted by Gasteiger charge is -2.54. The van der Waals surface area contributed by atoms with Crippen LogP contribution >= 0.6 is 0 Å². The summed E-state index contributed by atoms with van der Waals surface area (Å²) in [6.45, 7) is 32.7. The third kappa shape index (κ3) is 14.1. The van der Waals surface area contributed by atoms with Crippen LogP contribution in [0.3, 0.4) is 0 Å². The van der Waals surface area contributed by atoms with Crippen LogP contribution in [0, 0.1) is 23.7 Å². The van der Waals surface area contributed by atoms with E-state index in [0.717, 1.165) is 55.6 Å². The highest BCUT2D eigenvalue weighted by molar-refractivity contribution is 6.99. The summed E-state index contributed by atoms with van der Waals surface area (Å²) in [5.74, 6) is -0.922. The number of rotatable bonds is 19. The van der Waals surface area contributed by atoms with E-state index in [-0.39, 0.29) is 52.2 Å². The van der Waals surface area contributed by atoms with Gasteiger partial charge in [0.05, 0.1) is 50.8 Å². The molecule has 3 fully saturated rings. The molecule has 1 spiro atoms. The fraction of sp³-hybridized carbons (Fsp3) is 0.633. The van der Waals surface area contributed by atoms with Gasteiger partial charge in [0, 0.05) is 32.0 Å². The zero-order chi connectivity index (χ0) is 52.0. The first-order valence-electron chi connectivity index (χ1n) is 26.6. The highest BCUT2D eigenvalue weighted by Crippen LogP contribution is 2.48. The van der Waals surface area contributed by atoms with Gasteiger partial charge in [0.15, 0.2) is 19.9 Å². The van der Waals surface area contributed by atoms with E-state index in [1.54, 1.807) is 7.11 Å². The minimum Gasteiger partial charge on any atom is -0.497 e. The molecule has 2 aliphatic heterocycles. The molecule has 3 aromatic carbocycles. The molecular weight excluding hydrogens is 921 g/mol. The van der Waals surface area contributed by atoms with Crippen LogP contribution in [0.4, 0.5) is 0 Å². The van der Waals surface area contributed by atoms with Gasteiger partial charge in [-0.2, -0.15) is 0 Å². The van der Waals surface area contributed by atoms with Gasteiger partial charge in [-0.15, -0.1) is 0 Å². The molecule has 2 saturated heterocycles. The van der Waals surface area contributed by atoms with Crippen LogP contribution in [0.1, 0.15) is 127 Å². The molecule has 1 saturated carbocycles. The van der Waals surface area contributed by atoms with Crippen molar-refractivity contribution in [1.82, 2.24) is 0 Å². The summed E-state index contributed by atoms with van der Waals surface area (Å²) in [5, 5.41) is 14.9. The molecule has 9 nitrogen and oxygen atoms in total. The molecule has 71 heavy (non-hydrogen) atoms. The van der Waals surface area contributed by atoms with E-state index >= 15 is 0 Å². The van der Waals surface area contributed by atoms with E-state index < -0.39 is 34.3 Å². The number of aliphatic hydroxyl groups is 1. The van der Waals surface area contributed by atoms with Crippen LogP contribution in [0.15, 0.2) is 108 Å². The fourth-order valence-corrected chi connectivity index (χ4v) is 17.0.